The molecule has 1 N–H and O–H groups in total. The number of hydrogen-bond acceptors (Lipinski definition) is 7. The molecule has 0 aliphatic carbocycles. The summed E-state index contributed by atoms with van der Waals surface area (Å²) in [4.78, 5) is 14.7. The first-order valence-corrected chi connectivity index (χ1v) is 9.20. The number of carboxylic acid groups (broad SMARTS) is 1. The third-order valence-electron chi connectivity index (χ3n) is 5.14. The van der Waals surface area contributed by atoms with Crippen LogP contribution < -0.4 is 0 Å². The first-order chi connectivity index (χ1) is 13.7. The van der Waals surface area contributed by atoms with Crippen molar-refractivity contribution in [3.05, 3.63) is 46.3 Å². The molecule has 158 valence electrons. The topological polar surface area (TPSA) is 132 Å². The molecule has 10 heteroatoms. The Morgan fingerprint density at radius 1 is 1.34 bits per heavy atom. The first-order valence-electron chi connectivity index (χ1n) is 9.20. The van der Waals surface area contributed by atoms with Crippen LogP contribution in [0.15, 0.2) is 35.4 Å². The van der Waals surface area contributed by atoms with Crippen LogP contribution in [0.5, 0.6) is 0 Å². The van der Waals surface area contributed by atoms with Gasteiger partial charge in [-0.25, -0.2) is 0 Å². The van der Waals surface area contributed by atoms with Crippen molar-refractivity contribution in [3.8, 4) is 0 Å². The van der Waals surface area contributed by atoms with Crippen molar-refractivity contribution in [1.82, 2.24) is 0 Å². The molecule has 10 nitrogen and oxygen atoms in total. The molecule has 2 saturated heterocycles. The van der Waals surface area contributed by atoms with E-state index >= 15 is 0 Å². The van der Waals surface area contributed by atoms with Crippen molar-refractivity contribution in [1.29, 1.82) is 0 Å². The van der Waals surface area contributed by atoms with Gasteiger partial charge in [-0.15, -0.1) is 0 Å². The van der Waals surface area contributed by atoms with Crippen molar-refractivity contribution in [2.24, 2.45) is 5.11 Å². The molecule has 2 fully saturated rings. The predicted molar refractivity (Wildman–Crippen MR) is 99.7 cm³/mol. The minimum atomic E-state index is -1.57. The van der Waals surface area contributed by atoms with Gasteiger partial charge in [-0.05, 0) is 31.9 Å². The fourth-order valence-corrected chi connectivity index (χ4v) is 3.80. The normalized spacial score (nSPS) is 30.8. The van der Waals surface area contributed by atoms with Crippen LogP contribution in [0.4, 0.5) is 0 Å². The number of carboxylic acids is 1. The molecule has 0 saturated carbocycles. The van der Waals surface area contributed by atoms with E-state index in [0.29, 0.717) is 0 Å². The summed E-state index contributed by atoms with van der Waals surface area (Å²) in [7, 11) is 1.46. The van der Waals surface area contributed by atoms with Crippen LogP contribution in [0, 0.1) is 0 Å². The average molecular weight is 407 g/mol. The van der Waals surface area contributed by atoms with Gasteiger partial charge in [0.05, 0.1) is 6.61 Å². The van der Waals surface area contributed by atoms with Gasteiger partial charge in [-0.1, -0.05) is 35.4 Å². The van der Waals surface area contributed by atoms with Crippen LogP contribution in [0.25, 0.3) is 10.4 Å². The van der Waals surface area contributed by atoms with E-state index in [2.05, 4.69) is 10.0 Å². The summed E-state index contributed by atoms with van der Waals surface area (Å²) in [6.45, 7) is 5.12. The second-order valence-corrected chi connectivity index (χ2v) is 7.63. The summed E-state index contributed by atoms with van der Waals surface area (Å²) < 4.78 is 29.3. The third-order valence-corrected chi connectivity index (χ3v) is 5.14. The van der Waals surface area contributed by atoms with Crippen LogP contribution in [-0.4, -0.2) is 60.2 Å². The van der Waals surface area contributed by atoms with Gasteiger partial charge in [-0.2, -0.15) is 0 Å². The number of benzene rings is 1. The van der Waals surface area contributed by atoms with E-state index in [1.54, 1.807) is 13.8 Å². The van der Waals surface area contributed by atoms with Gasteiger partial charge in [0.2, 0.25) is 0 Å². The molecule has 2 heterocycles. The molecule has 0 amide bonds. The second-order valence-electron chi connectivity index (χ2n) is 7.63. The number of fused-ring (bicyclic) bond motifs is 1. The number of ether oxygens (including phenoxy) is 5. The maximum Gasteiger partial charge on any atom is 0.315 e. The fourth-order valence-electron chi connectivity index (χ4n) is 3.80. The summed E-state index contributed by atoms with van der Waals surface area (Å²) in [5.41, 5.74) is 8.23. The molecular formula is C19H25N3O7. The van der Waals surface area contributed by atoms with Gasteiger partial charge in [-0.3, -0.25) is 4.79 Å². The van der Waals surface area contributed by atoms with Gasteiger partial charge in [0.25, 0.3) is 0 Å². The van der Waals surface area contributed by atoms with Crippen LogP contribution in [-0.2, 0) is 35.1 Å². The summed E-state index contributed by atoms with van der Waals surface area (Å²) in [6, 6.07) is 7.68. The molecule has 0 unspecified atom stereocenters. The van der Waals surface area contributed by atoms with E-state index in [1.807, 2.05) is 30.3 Å². The quantitative estimate of drug-likeness (QED) is 0.398. The van der Waals surface area contributed by atoms with Crippen molar-refractivity contribution < 1.29 is 33.6 Å². The lowest BCUT2D eigenvalue weighted by Crippen LogP contribution is -2.58. The Morgan fingerprint density at radius 3 is 2.59 bits per heavy atom. The third kappa shape index (κ3) is 4.23. The highest BCUT2D eigenvalue weighted by Gasteiger charge is 2.63. The molecule has 2 aliphatic heterocycles. The van der Waals surface area contributed by atoms with Gasteiger partial charge in [0.15, 0.2) is 18.1 Å². The number of aliphatic carboxylic acids is 1. The lowest BCUT2D eigenvalue weighted by molar-refractivity contribution is -0.257. The minimum absolute atomic E-state index is 0.0845. The van der Waals surface area contributed by atoms with E-state index in [0.717, 1.165) is 5.56 Å². The number of azide groups is 1. The predicted octanol–water partition coefficient (Wildman–Crippen LogP) is 2.62. The number of carbonyl (C=O) groups is 1. The maximum absolute atomic E-state index is 12.0. The Balaban J connectivity index is 1.97. The molecule has 0 radical (unpaired) electrons. The number of hydrogen-bond donors (Lipinski definition) is 1. The zero-order valence-electron chi connectivity index (χ0n) is 16.7. The molecule has 0 bridgehead atoms. The summed E-state index contributed by atoms with van der Waals surface area (Å²) in [5.74, 6) is -2.25. The highest BCUT2D eigenvalue weighted by molar-refractivity contribution is 5.75. The van der Waals surface area contributed by atoms with E-state index in [1.165, 1.54) is 14.0 Å². The van der Waals surface area contributed by atoms with Gasteiger partial charge in [0.1, 0.15) is 23.9 Å². The van der Waals surface area contributed by atoms with E-state index in [4.69, 9.17) is 29.2 Å². The molecule has 1 aromatic rings. The van der Waals surface area contributed by atoms with Crippen molar-refractivity contribution in [3.63, 3.8) is 0 Å². The lowest BCUT2D eigenvalue weighted by atomic mass is 9.86. The molecule has 1 aromatic carbocycles. The molecule has 29 heavy (non-hydrogen) atoms. The van der Waals surface area contributed by atoms with Crippen LogP contribution in [0.2, 0.25) is 0 Å². The summed E-state index contributed by atoms with van der Waals surface area (Å²) in [5, 5.41) is 13.3. The monoisotopic (exact) mass is 407 g/mol. The van der Waals surface area contributed by atoms with Gasteiger partial charge in [0, 0.05) is 12.0 Å². The Kier molecular flexibility index (Phi) is 6.13. The average Bonchev–Trinajstić information content (AvgIpc) is 3.17. The zero-order chi connectivity index (χ0) is 21.2. The van der Waals surface area contributed by atoms with Crippen LogP contribution in [0.3, 0.4) is 0 Å². The van der Waals surface area contributed by atoms with E-state index in [9.17, 15) is 9.90 Å². The highest BCUT2D eigenvalue weighted by Crippen LogP contribution is 2.44. The first kappa shape index (κ1) is 21.5. The van der Waals surface area contributed by atoms with Crippen molar-refractivity contribution >= 4 is 5.97 Å². The Bertz CT molecular complexity index is 781. The molecule has 2 aliphatic rings. The zero-order valence-corrected chi connectivity index (χ0v) is 16.7. The second kappa shape index (κ2) is 8.27. The SMILES string of the molecule is CO[C@@H]1O[C@H]([C@@](C)(OCc2ccccc2)[C@H](N=[N+]=[N-])C(=O)O)[C@H]2OC(C)(C)O[C@@H]12. The van der Waals surface area contributed by atoms with Crippen molar-refractivity contribution in [2.75, 3.05) is 7.11 Å². The van der Waals surface area contributed by atoms with Gasteiger partial charge < -0.3 is 28.8 Å². The Morgan fingerprint density at radius 2 is 2.00 bits per heavy atom. The number of nitrogens with zero attached hydrogens (tertiary/aromatic N) is 3. The van der Waals surface area contributed by atoms with E-state index < -0.39 is 48.0 Å². The molecule has 0 aromatic heterocycles. The summed E-state index contributed by atoms with van der Waals surface area (Å²) in [6.07, 6.45) is -2.96. The number of rotatable bonds is 8. The standard InChI is InChI=1S/C19H25N3O7/c1-18(2)28-12-13(29-18)17(25-4)27-15(12)19(3,14(16(23)24)21-22-20)26-10-11-8-6-5-7-9-11/h5-9,12-15,17H,10H2,1-4H3,(H,23,24)/t12-,13+,14+,15-,17+,19-/m0/s1. The molecule has 6 atom stereocenters. The Hall–Kier alpha value is -2.20. The van der Waals surface area contributed by atoms with E-state index in [-0.39, 0.29) is 6.61 Å². The highest BCUT2D eigenvalue weighted by atomic mass is 16.8. The number of methoxy groups -OCH3 is 1. The summed E-state index contributed by atoms with van der Waals surface area (Å²) >= 11 is 0. The Labute approximate surface area is 168 Å². The van der Waals surface area contributed by atoms with Crippen LogP contribution in [0.1, 0.15) is 26.3 Å². The maximum atomic E-state index is 12.0. The molecule has 0 spiro atoms. The largest absolute Gasteiger partial charge is 0.481 e. The molecular weight excluding hydrogens is 382 g/mol. The molecule has 3 rings (SSSR count). The minimum Gasteiger partial charge on any atom is -0.481 e. The van der Waals surface area contributed by atoms with Crippen molar-refractivity contribution in [2.45, 2.75) is 69.4 Å². The van der Waals surface area contributed by atoms with Gasteiger partial charge >= 0.3 is 5.97 Å². The fraction of sp³-hybridized carbons (Fsp3) is 0.632. The van der Waals surface area contributed by atoms with Crippen LogP contribution >= 0.6 is 0 Å². The lowest BCUT2D eigenvalue weighted by Gasteiger charge is -2.39. The smallest absolute Gasteiger partial charge is 0.315 e.